The first-order chi connectivity index (χ1) is 7.58. The second-order valence-electron chi connectivity index (χ2n) is 3.20. The Morgan fingerprint density at radius 3 is 2.88 bits per heavy atom. The van der Waals surface area contributed by atoms with Gasteiger partial charge in [0.05, 0.1) is 10.9 Å². The predicted molar refractivity (Wildman–Crippen MR) is 61.7 cm³/mol. The van der Waals surface area contributed by atoms with Crippen molar-refractivity contribution >= 4 is 27.5 Å². The van der Waals surface area contributed by atoms with E-state index in [2.05, 4.69) is 26.1 Å². The topological polar surface area (TPSA) is 38.9 Å². The molecule has 16 heavy (non-hydrogen) atoms. The van der Waals surface area contributed by atoms with Gasteiger partial charge < -0.3 is 4.52 Å². The molecule has 2 rings (SSSR count). The van der Waals surface area contributed by atoms with E-state index in [4.69, 9.17) is 16.1 Å². The van der Waals surface area contributed by atoms with Crippen molar-refractivity contribution in [2.45, 2.75) is 12.3 Å². The first kappa shape index (κ1) is 11.5. The van der Waals surface area contributed by atoms with Crippen molar-refractivity contribution in [3.8, 4) is 11.5 Å². The molecule has 0 aliphatic carbocycles. The molecule has 0 radical (unpaired) electrons. The molecule has 1 atom stereocenters. The van der Waals surface area contributed by atoms with Crippen LogP contribution in [0.15, 0.2) is 27.2 Å². The van der Waals surface area contributed by atoms with Gasteiger partial charge in [-0.3, -0.25) is 0 Å². The van der Waals surface area contributed by atoms with Crippen LogP contribution in [0.4, 0.5) is 4.39 Å². The molecule has 0 saturated carbocycles. The number of benzene rings is 1. The van der Waals surface area contributed by atoms with Gasteiger partial charge in [-0.15, -0.1) is 11.6 Å². The zero-order valence-electron chi connectivity index (χ0n) is 8.25. The van der Waals surface area contributed by atoms with Crippen LogP contribution in [0.1, 0.15) is 18.1 Å². The highest BCUT2D eigenvalue weighted by atomic mass is 79.9. The van der Waals surface area contributed by atoms with Crippen molar-refractivity contribution in [1.29, 1.82) is 0 Å². The second-order valence-corrected chi connectivity index (χ2v) is 4.77. The summed E-state index contributed by atoms with van der Waals surface area (Å²) in [5, 5.41) is 3.29. The third-order valence-corrected chi connectivity index (χ3v) is 2.64. The molecule has 3 nitrogen and oxygen atoms in total. The molecule has 0 saturated heterocycles. The molecule has 1 aromatic heterocycles. The van der Waals surface area contributed by atoms with E-state index in [9.17, 15) is 4.39 Å². The maximum Gasteiger partial charge on any atom is 0.260 e. The fourth-order valence-electron chi connectivity index (χ4n) is 1.17. The molecule has 6 heteroatoms. The molecule has 0 amide bonds. The van der Waals surface area contributed by atoms with Gasteiger partial charge in [-0.2, -0.15) is 4.98 Å². The highest BCUT2D eigenvalue weighted by molar-refractivity contribution is 9.10. The summed E-state index contributed by atoms with van der Waals surface area (Å²) < 4.78 is 19.2. The van der Waals surface area contributed by atoms with Crippen LogP contribution in [0.5, 0.6) is 0 Å². The summed E-state index contributed by atoms with van der Waals surface area (Å²) in [6.45, 7) is 1.72. The van der Waals surface area contributed by atoms with Crippen LogP contribution in [0.3, 0.4) is 0 Å². The van der Waals surface area contributed by atoms with E-state index >= 15 is 0 Å². The Kier molecular flexibility index (Phi) is 3.25. The summed E-state index contributed by atoms with van der Waals surface area (Å²) in [5.74, 6) is 0.0537. The fraction of sp³-hybridized carbons (Fsp3) is 0.200. The molecular formula is C10H7BrClFN2O. The molecule has 0 bridgehead atoms. The molecule has 1 aromatic carbocycles. The predicted octanol–water partition coefficient (Wildman–Crippen LogP) is 3.94. The van der Waals surface area contributed by atoms with Crippen molar-refractivity contribution < 1.29 is 8.91 Å². The van der Waals surface area contributed by atoms with Crippen molar-refractivity contribution in [2.75, 3.05) is 0 Å². The van der Waals surface area contributed by atoms with Gasteiger partial charge in [0, 0.05) is 4.47 Å². The maximum absolute atomic E-state index is 13.5. The Labute approximate surface area is 105 Å². The fourth-order valence-corrected chi connectivity index (χ4v) is 1.62. The smallest absolute Gasteiger partial charge is 0.260 e. The molecule has 0 N–H and O–H groups in total. The number of rotatable bonds is 2. The quantitative estimate of drug-likeness (QED) is 0.789. The lowest BCUT2D eigenvalue weighted by Gasteiger charge is -1.97. The molecular weight excluding hydrogens is 298 g/mol. The number of alkyl halides is 1. The van der Waals surface area contributed by atoms with Gasteiger partial charge in [0.25, 0.3) is 5.89 Å². The molecule has 1 heterocycles. The van der Waals surface area contributed by atoms with Crippen LogP contribution in [0, 0.1) is 5.82 Å². The van der Waals surface area contributed by atoms with Gasteiger partial charge >= 0.3 is 0 Å². The number of hydrogen-bond donors (Lipinski definition) is 0. The monoisotopic (exact) mass is 304 g/mol. The lowest BCUT2D eigenvalue weighted by Crippen LogP contribution is -1.88. The lowest BCUT2D eigenvalue weighted by atomic mass is 10.2. The zero-order chi connectivity index (χ0) is 11.7. The van der Waals surface area contributed by atoms with Crippen LogP contribution in [0.2, 0.25) is 0 Å². The van der Waals surface area contributed by atoms with Gasteiger partial charge in [0.2, 0.25) is 0 Å². The van der Waals surface area contributed by atoms with Crippen LogP contribution in [0.25, 0.3) is 11.5 Å². The molecule has 0 fully saturated rings. The Balaban J connectivity index is 2.46. The van der Waals surface area contributed by atoms with Crippen LogP contribution < -0.4 is 0 Å². The molecule has 0 spiro atoms. The normalized spacial score (nSPS) is 12.8. The summed E-state index contributed by atoms with van der Waals surface area (Å²) in [4.78, 5) is 4.01. The third-order valence-electron chi connectivity index (χ3n) is 1.96. The molecule has 2 aromatic rings. The molecule has 1 unspecified atom stereocenters. The van der Waals surface area contributed by atoms with Gasteiger partial charge in [0.1, 0.15) is 5.82 Å². The van der Waals surface area contributed by atoms with Crippen molar-refractivity contribution in [1.82, 2.24) is 10.1 Å². The standard InChI is InChI=1S/C10H7BrClFN2O/c1-5(12)9-14-10(16-15-9)7-4-6(11)2-3-8(7)13/h2-5H,1H3. The first-order valence-electron chi connectivity index (χ1n) is 4.51. The van der Waals surface area contributed by atoms with Gasteiger partial charge in [-0.25, -0.2) is 4.39 Å². The van der Waals surface area contributed by atoms with E-state index in [0.717, 1.165) is 4.47 Å². The van der Waals surface area contributed by atoms with Crippen molar-refractivity contribution in [3.63, 3.8) is 0 Å². The van der Waals surface area contributed by atoms with Gasteiger partial charge in [0.15, 0.2) is 5.82 Å². The number of halogens is 3. The Hall–Kier alpha value is -0.940. The average molecular weight is 306 g/mol. The van der Waals surface area contributed by atoms with E-state index in [1.165, 1.54) is 6.07 Å². The summed E-state index contributed by atoms with van der Waals surface area (Å²) in [6, 6.07) is 4.50. The number of aromatic nitrogens is 2. The minimum Gasteiger partial charge on any atom is -0.334 e. The van der Waals surface area contributed by atoms with Crippen LogP contribution in [-0.2, 0) is 0 Å². The number of nitrogens with zero attached hydrogens (tertiary/aromatic N) is 2. The van der Waals surface area contributed by atoms with E-state index in [1.54, 1.807) is 19.1 Å². The Bertz CT molecular complexity index is 515. The van der Waals surface area contributed by atoms with Gasteiger partial charge in [-0.1, -0.05) is 21.1 Å². The summed E-state index contributed by atoms with van der Waals surface area (Å²) in [5.41, 5.74) is 0.255. The number of hydrogen-bond acceptors (Lipinski definition) is 3. The highest BCUT2D eigenvalue weighted by Gasteiger charge is 2.15. The second kappa shape index (κ2) is 4.51. The van der Waals surface area contributed by atoms with E-state index in [1.807, 2.05) is 0 Å². The van der Waals surface area contributed by atoms with Crippen LogP contribution in [-0.4, -0.2) is 10.1 Å². The van der Waals surface area contributed by atoms with Gasteiger partial charge in [-0.05, 0) is 25.1 Å². The molecule has 0 aliphatic heterocycles. The van der Waals surface area contributed by atoms with E-state index in [0.29, 0.717) is 5.82 Å². The Morgan fingerprint density at radius 1 is 1.50 bits per heavy atom. The minimum absolute atomic E-state index is 0.126. The molecule has 0 aliphatic rings. The lowest BCUT2D eigenvalue weighted by molar-refractivity contribution is 0.420. The van der Waals surface area contributed by atoms with Crippen LogP contribution >= 0.6 is 27.5 Å². The summed E-state index contributed by atoms with van der Waals surface area (Å²) in [7, 11) is 0. The maximum atomic E-state index is 13.5. The first-order valence-corrected chi connectivity index (χ1v) is 5.74. The van der Waals surface area contributed by atoms with Crippen molar-refractivity contribution in [3.05, 3.63) is 34.3 Å². The largest absolute Gasteiger partial charge is 0.334 e. The summed E-state index contributed by atoms with van der Waals surface area (Å²) >= 11 is 9.03. The third kappa shape index (κ3) is 2.25. The Morgan fingerprint density at radius 2 is 2.25 bits per heavy atom. The summed E-state index contributed by atoms with van der Waals surface area (Å²) in [6.07, 6.45) is 0. The van der Waals surface area contributed by atoms with Crippen molar-refractivity contribution in [2.24, 2.45) is 0 Å². The molecule has 84 valence electrons. The SMILES string of the molecule is CC(Cl)c1noc(-c2cc(Br)ccc2F)n1. The zero-order valence-corrected chi connectivity index (χ0v) is 10.6. The minimum atomic E-state index is -0.416. The van der Waals surface area contributed by atoms with E-state index in [-0.39, 0.29) is 16.8 Å². The van der Waals surface area contributed by atoms with E-state index < -0.39 is 5.82 Å². The average Bonchev–Trinajstić information content (AvgIpc) is 2.70. The highest BCUT2D eigenvalue weighted by Crippen LogP contribution is 2.26.